The van der Waals surface area contributed by atoms with Crippen LogP contribution in [-0.2, 0) is 22.6 Å². The lowest BCUT2D eigenvalue weighted by Crippen LogP contribution is -2.33. The average molecular weight is 370 g/mol. The molecule has 27 heavy (non-hydrogen) atoms. The van der Waals surface area contributed by atoms with Gasteiger partial charge in [0.25, 0.3) is 0 Å². The van der Waals surface area contributed by atoms with Gasteiger partial charge in [-0.2, -0.15) is 0 Å². The summed E-state index contributed by atoms with van der Waals surface area (Å²) in [7, 11) is 0. The van der Waals surface area contributed by atoms with Crippen LogP contribution in [0.1, 0.15) is 44.2 Å². The molecule has 0 N–H and O–H groups in total. The van der Waals surface area contributed by atoms with Crippen LogP contribution in [0, 0.1) is 5.92 Å². The molecule has 0 bridgehead atoms. The van der Waals surface area contributed by atoms with E-state index in [1.54, 1.807) is 0 Å². The van der Waals surface area contributed by atoms with Gasteiger partial charge < -0.3 is 14.5 Å². The van der Waals surface area contributed by atoms with Crippen molar-refractivity contribution < 1.29 is 14.3 Å². The van der Waals surface area contributed by atoms with Crippen LogP contribution in [0.25, 0.3) is 0 Å². The number of carbonyl (C=O) groups is 2. The lowest BCUT2D eigenvalue weighted by atomic mass is 10.0. The van der Waals surface area contributed by atoms with E-state index in [0.717, 1.165) is 35.3 Å². The number of ether oxygens (including phenoxy) is 1. The van der Waals surface area contributed by atoms with E-state index < -0.39 is 0 Å². The van der Waals surface area contributed by atoms with Gasteiger partial charge in [0.1, 0.15) is 12.4 Å². The summed E-state index contributed by atoms with van der Waals surface area (Å²) < 4.78 is 5.83. The number of aryl methyl sites for hydroxylation is 1. The molecule has 0 atom stereocenters. The first-order valence-corrected chi connectivity index (χ1v) is 9.93. The SMILES string of the molecule is C=C(C)CN(CC)C(=O)CCc1ccc2c(c1)CN(C(=O)C1CC1)CCO2. The fraction of sp³-hybridized carbons (Fsp3) is 0.545. The standard InChI is InChI=1S/C22H30N2O3/c1-4-23(14-16(2)3)21(25)10-6-17-5-9-20-19(13-17)15-24(11-12-27-20)22(26)18-7-8-18/h5,9,13,18H,2,4,6-8,10-12,14-15H2,1,3H3. The predicted octanol–water partition coefficient (Wildman–Crippen LogP) is 3.17. The van der Waals surface area contributed by atoms with Gasteiger partial charge in [-0.3, -0.25) is 9.59 Å². The average Bonchev–Trinajstić information content (AvgIpc) is 3.49. The summed E-state index contributed by atoms with van der Waals surface area (Å²) in [6.07, 6.45) is 3.20. The molecule has 0 aromatic heterocycles. The number of carbonyl (C=O) groups excluding carboxylic acids is 2. The quantitative estimate of drug-likeness (QED) is 0.693. The van der Waals surface area contributed by atoms with Crippen molar-refractivity contribution in [1.29, 1.82) is 0 Å². The summed E-state index contributed by atoms with van der Waals surface area (Å²) in [6, 6.07) is 6.10. The monoisotopic (exact) mass is 370 g/mol. The molecule has 1 saturated carbocycles. The molecule has 0 unspecified atom stereocenters. The molecule has 0 radical (unpaired) electrons. The number of nitrogens with zero attached hydrogens (tertiary/aromatic N) is 2. The van der Waals surface area contributed by atoms with Crippen LogP contribution in [0.4, 0.5) is 0 Å². The Morgan fingerprint density at radius 1 is 1.33 bits per heavy atom. The first-order valence-electron chi connectivity index (χ1n) is 9.93. The van der Waals surface area contributed by atoms with Crippen LogP contribution >= 0.6 is 0 Å². The topological polar surface area (TPSA) is 49.9 Å². The lowest BCUT2D eigenvalue weighted by Gasteiger charge is -2.21. The molecule has 0 spiro atoms. The molecular weight excluding hydrogens is 340 g/mol. The fourth-order valence-electron chi connectivity index (χ4n) is 3.49. The highest BCUT2D eigenvalue weighted by Gasteiger charge is 2.34. The third-order valence-electron chi connectivity index (χ3n) is 5.17. The van der Waals surface area contributed by atoms with Gasteiger partial charge >= 0.3 is 0 Å². The number of fused-ring (bicyclic) bond motifs is 1. The van der Waals surface area contributed by atoms with Crippen molar-refractivity contribution in [3.63, 3.8) is 0 Å². The van der Waals surface area contributed by atoms with Crippen LogP contribution in [0.2, 0.25) is 0 Å². The number of hydrogen-bond donors (Lipinski definition) is 0. The summed E-state index contributed by atoms with van der Waals surface area (Å²) in [5.41, 5.74) is 3.14. The zero-order chi connectivity index (χ0) is 19.4. The van der Waals surface area contributed by atoms with Gasteiger partial charge in [0, 0.05) is 37.5 Å². The van der Waals surface area contributed by atoms with Gasteiger partial charge in [0.15, 0.2) is 0 Å². The first-order chi connectivity index (χ1) is 13.0. The largest absolute Gasteiger partial charge is 0.491 e. The molecule has 1 aromatic carbocycles. The van der Waals surface area contributed by atoms with Crippen molar-refractivity contribution >= 4 is 11.8 Å². The Morgan fingerprint density at radius 3 is 2.78 bits per heavy atom. The maximum absolute atomic E-state index is 12.5. The molecule has 3 rings (SSSR count). The summed E-state index contributed by atoms with van der Waals surface area (Å²) >= 11 is 0. The third-order valence-corrected chi connectivity index (χ3v) is 5.17. The number of rotatable bonds is 7. The van der Waals surface area contributed by atoms with Crippen molar-refractivity contribution in [2.45, 2.75) is 46.1 Å². The van der Waals surface area contributed by atoms with Gasteiger partial charge in [0.05, 0.1) is 6.54 Å². The van der Waals surface area contributed by atoms with E-state index in [2.05, 4.69) is 12.6 Å². The van der Waals surface area contributed by atoms with Crippen molar-refractivity contribution in [2.24, 2.45) is 5.92 Å². The molecule has 0 saturated heterocycles. The summed E-state index contributed by atoms with van der Waals surface area (Å²) in [5.74, 6) is 1.48. The molecule has 5 nitrogen and oxygen atoms in total. The van der Waals surface area contributed by atoms with Crippen molar-refractivity contribution in [3.8, 4) is 5.75 Å². The smallest absolute Gasteiger partial charge is 0.226 e. The van der Waals surface area contributed by atoms with Gasteiger partial charge in [-0.25, -0.2) is 0 Å². The lowest BCUT2D eigenvalue weighted by molar-refractivity contribution is -0.133. The predicted molar refractivity (Wildman–Crippen MR) is 105 cm³/mol. The molecule has 1 aliphatic heterocycles. The van der Waals surface area contributed by atoms with E-state index in [0.29, 0.717) is 45.6 Å². The maximum atomic E-state index is 12.5. The Morgan fingerprint density at radius 2 is 2.11 bits per heavy atom. The molecule has 146 valence electrons. The van der Waals surface area contributed by atoms with Crippen LogP contribution < -0.4 is 4.74 Å². The van der Waals surface area contributed by atoms with Crippen molar-refractivity contribution in [2.75, 3.05) is 26.2 Å². The Kier molecular flexibility index (Phi) is 6.19. The number of benzene rings is 1. The van der Waals surface area contributed by atoms with E-state index in [-0.39, 0.29) is 17.7 Å². The number of likely N-dealkylation sites (N-methyl/N-ethyl adjacent to an activating group) is 1. The maximum Gasteiger partial charge on any atom is 0.226 e. The molecule has 1 heterocycles. The minimum absolute atomic E-state index is 0.150. The highest BCUT2D eigenvalue weighted by atomic mass is 16.5. The molecular formula is C22H30N2O3. The van der Waals surface area contributed by atoms with Crippen molar-refractivity contribution in [3.05, 3.63) is 41.5 Å². The van der Waals surface area contributed by atoms with Crippen LogP contribution in [0.5, 0.6) is 5.75 Å². The van der Waals surface area contributed by atoms with E-state index in [9.17, 15) is 9.59 Å². The van der Waals surface area contributed by atoms with Gasteiger partial charge in [-0.1, -0.05) is 24.3 Å². The molecule has 1 aliphatic carbocycles. The highest BCUT2D eigenvalue weighted by Crippen LogP contribution is 2.33. The highest BCUT2D eigenvalue weighted by molar-refractivity contribution is 5.81. The van der Waals surface area contributed by atoms with E-state index in [1.807, 2.05) is 35.8 Å². The summed E-state index contributed by atoms with van der Waals surface area (Å²) in [4.78, 5) is 28.6. The minimum atomic E-state index is 0.150. The Balaban J connectivity index is 1.63. The molecule has 2 amide bonds. The Hall–Kier alpha value is -2.30. The summed E-state index contributed by atoms with van der Waals surface area (Å²) in [5, 5.41) is 0. The van der Waals surface area contributed by atoms with Crippen LogP contribution in [0.15, 0.2) is 30.4 Å². The second-order valence-corrected chi connectivity index (χ2v) is 7.69. The second kappa shape index (κ2) is 8.59. The van der Waals surface area contributed by atoms with Gasteiger partial charge in [0.2, 0.25) is 11.8 Å². The number of amides is 2. The Labute approximate surface area is 162 Å². The molecule has 1 aromatic rings. The number of hydrogen-bond acceptors (Lipinski definition) is 3. The van der Waals surface area contributed by atoms with Gasteiger partial charge in [-0.05, 0) is 44.7 Å². The minimum Gasteiger partial charge on any atom is -0.491 e. The molecule has 2 aliphatic rings. The third kappa shape index (κ3) is 5.12. The van der Waals surface area contributed by atoms with Gasteiger partial charge in [-0.15, -0.1) is 0 Å². The van der Waals surface area contributed by atoms with Crippen LogP contribution in [-0.4, -0.2) is 47.9 Å². The normalized spacial score (nSPS) is 16.1. The van der Waals surface area contributed by atoms with Crippen molar-refractivity contribution in [1.82, 2.24) is 9.80 Å². The van der Waals surface area contributed by atoms with E-state index >= 15 is 0 Å². The first kappa shape index (κ1) is 19.5. The fourth-order valence-corrected chi connectivity index (χ4v) is 3.49. The molecule has 1 fully saturated rings. The summed E-state index contributed by atoms with van der Waals surface area (Å²) in [6.45, 7) is 10.9. The Bertz CT molecular complexity index is 724. The van der Waals surface area contributed by atoms with E-state index in [4.69, 9.17) is 4.74 Å². The molecule has 5 heteroatoms. The second-order valence-electron chi connectivity index (χ2n) is 7.69. The zero-order valence-corrected chi connectivity index (χ0v) is 16.5. The van der Waals surface area contributed by atoms with E-state index in [1.165, 1.54) is 0 Å². The van der Waals surface area contributed by atoms with Crippen LogP contribution in [0.3, 0.4) is 0 Å². The zero-order valence-electron chi connectivity index (χ0n) is 16.5.